The molecule has 38 heavy (non-hydrogen) atoms. The number of nitrogens with zero attached hydrogens (tertiary/aromatic N) is 7. The van der Waals surface area contributed by atoms with Crippen molar-refractivity contribution in [2.24, 2.45) is 0 Å². The van der Waals surface area contributed by atoms with E-state index in [1.165, 1.54) is 12.1 Å². The highest BCUT2D eigenvalue weighted by atomic mass is 35.5. The molecule has 0 radical (unpaired) electrons. The van der Waals surface area contributed by atoms with Gasteiger partial charge in [-0.05, 0) is 19.1 Å². The molecular formula is C25H31ClF2N8O2. The third-order valence-corrected chi connectivity index (χ3v) is 6.81. The molecule has 1 aromatic carbocycles. The molecule has 13 heteroatoms. The molecule has 2 aliphatic heterocycles. The quantitative estimate of drug-likeness (QED) is 0.422. The van der Waals surface area contributed by atoms with Crippen LogP contribution in [-0.4, -0.2) is 92.9 Å². The first kappa shape index (κ1) is 27.7. The van der Waals surface area contributed by atoms with Crippen LogP contribution in [0.2, 0.25) is 0 Å². The highest BCUT2D eigenvalue weighted by Gasteiger charge is 2.31. The van der Waals surface area contributed by atoms with Crippen LogP contribution in [0.15, 0.2) is 36.5 Å². The van der Waals surface area contributed by atoms with Crippen LogP contribution in [0.1, 0.15) is 11.3 Å². The summed E-state index contributed by atoms with van der Waals surface area (Å²) in [4.78, 5) is 14.6. The Morgan fingerprint density at radius 2 is 1.58 bits per heavy atom. The van der Waals surface area contributed by atoms with E-state index in [2.05, 4.69) is 26.0 Å². The molecule has 3 aromatic rings. The number of benzene rings is 1. The van der Waals surface area contributed by atoms with Crippen LogP contribution in [0.4, 0.5) is 26.2 Å². The molecule has 0 aliphatic carbocycles. The van der Waals surface area contributed by atoms with Gasteiger partial charge in [-0.1, -0.05) is 12.2 Å². The Labute approximate surface area is 225 Å². The molecule has 2 fully saturated rings. The summed E-state index contributed by atoms with van der Waals surface area (Å²) in [6, 6.07) is 5.35. The van der Waals surface area contributed by atoms with Crippen molar-refractivity contribution >= 4 is 35.9 Å². The maximum absolute atomic E-state index is 13.5. The number of piperazine rings is 1. The second-order valence-electron chi connectivity index (χ2n) is 9.40. The van der Waals surface area contributed by atoms with E-state index in [9.17, 15) is 19.0 Å². The summed E-state index contributed by atoms with van der Waals surface area (Å²) < 4.78 is 28.8. The Balaban J connectivity index is 0.00000336. The minimum atomic E-state index is -0.838. The number of rotatable bonds is 6. The predicted molar refractivity (Wildman–Crippen MR) is 144 cm³/mol. The van der Waals surface area contributed by atoms with Crippen molar-refractivity contribution in [2.45, 2.75) is 19.1 Å². The Hall–Kier alpha value is -3.32. The van der Waals surface area contributed by atoms with Crippen molar-refractivity contribution < 1.29 is 19.0 Å². The molecule has 2 aromatic heterocycles. The van der Waals surface area contributed by atoms with Gasteiger partial charge in [-0.15, -0.1) is 12.4 Å². The molecule has 0 bridgehead atoms. The first-order valence-corrected chi connectivity index (χ1v) is 12.2. The molecule has 204 valence electrons. The monoisotopic (exact) mass is 548 g/mol. The zero-order valence-corrected chi connectivity index (χ0v) is 21.7. The topological polar surface area (TPSA) is 120 Å². The van der Waals surface area contributed by atoms with E-state index in [-0.39, 0.29) is 31.4 Å². The normalized spacial score (nSPS) is 20.3. The zero-order valence-electron chi connectivity index (χ0n) is 20.9. The van der Waals surface area contributed by atoms with E-state index in [0.29, 0.717) is 30.4 Å². The van der Waals surface area contributed by atoms with Crippen molar-refractivity contribution in [2.75, 3.05) is 61.3 Å². The van der Waals surface area contributed by atoms with Gasteiger partial charge in [-0.3, -0.25) is 4.90 Å². The highest BCUT2D eigenvalue weighted by molar-refractivity contribution is 5.85. The van der Waals surface area contributed by atoms with Crippen LogP contribution in [0, 0.1) is 18.6 Å². The van der Waals surface area contributed by atoms with E-state index < -0.39 is 23.8 Å². The number of halogens is 3. The molecular weight excluding hydrogens is 518 g/mol. The lowest BCUT2D eigenvalue weighted by Gasteiger charge is -2.35. The van der Waals surface area contributed by atoms with E-state index in [4.69, 9.17) is 5.73 Å². The molecule has 0 amide bonds. The maximum atomic E-state index is 13.5. The smallest absolute Gasteiger partial charge is 0.224 e. The molecule has 10 nitrogen and oxygen atoms in total. The fourth-order valence-corrected chi connectivity index (χ4v) is 4.72. The lowest BCUT2D eigenvalue weighted by Crippen LogP contribution is -2.46. The third-order valence-electron chi connectivity index (χ3n) is 6.81. The lowest BCUT2D eigenvalue weighted by atomic mass is 10.2. The van der Waals surface area contributed by atoms with Crippen LogP contribution >= 0.6 is 12.4 Å². The van der Waals surface area contributed by atoms with E-state index >= 15 is 0 Å². The molecule has 0 saturated carbocycles. The molecule has 2 saturated heterocycles. The molecule has 2 aliphatic rings. The Kier molecular flexibility index (Phi) is 8.46. The van der Waals surface area contributed by atoms with Crippen molar-refractivity contribution in [3.05, 3.63) is 59.4 Å². The Bertz CT molecular complexity index is 1270. The van der Waals surface area contributed by atoms with Gasteiger partial charge in [0.1, 0.15) is 17.5 Å². The lowest BCUT2D eigenvalue weighted by molar-refractivity contribution is 0.0572. The van der Waals surface area contributed by atoms with Crippen LogP contribution < -0.4 is 15.5 Å². The van der Waals surface area contributed by atoms with Gasteiger partial charge in [0.25, 0.3) is 0 Å². The van der Waals surface area contributed by atoms with Crippen molar-refractivity contribution in [3.8, 4) is 5.82 Å². The van der Waals surface area contributed by atoms with Gasteiger partial charge in [0.2, 0.25) is 5.95 Å². The summed E-state index contributed by atoms with van der Waals surface area (Å²) in [5.74, 6) is -0.0299. The average Bonchev–Trinajstić information content (AvgIpc) is 3.40. The molecule has 0 spiro atoms. The standard InChI is InChI=1S/C25H30F2N8O2.ClH/c1-16-17(3-2-4-32-5-7-33(8-6-32)20-10-18(26)9-19(27)11-20)13-29-35(16)24-12-23(30-25(28)31-24)34-14-21(36)22(37)15-34;/h2-3,9-13,21-22,36-37H,4-8,14-15H2,1H3,(H2,28,30,31);1H/t21-,22+;. The first-order chi connectivity index (χ1) is 17.8. The average molecular weight is 549 g/mol. The summed E-state index contributed by atoms with van der Waals surface area (Å²) in [5.41, 5.74) is 8.32. The molecule has 4 N–H and O–H groups in total. The second kappa shape index (κ2) is 11.6. The molecule has 2 atom stereocenters. The van der Waals surface area contributed by atoms with Gasteiger partial charge in [0.15, 0.2) is 5.82 Å². The van der Waals surface area contributed by atoms with E-state index in [1.807, 2.05) is 17.9 Å². The van der Waals surface area contributed by atoms with Gasteiger partial charge in [-0.2, -0.15) is 15.1 Å². The van der Waals surface area contributed by atoms with Gasteiger partial charge in [-0.25, -0.2) is 13.5 Å². The molecule has 5 rings (SSSR count). The van der Waals surface area contributed by atoms with Crippen LogP contribution in [0.5, 0.6) is 0 Å². The highest BCUT2D eigenvalue weighted by Crippen LogP contribution is 2.23. The number of aliphatic hydroxyl groups is 2. The van der Waals surface area contributed by atoms with Gasteiger partial charge >= 0.3 is 0 Å². The summed E-state index contributed by atoms with van der Waals surface area (Å²) in [6.07, 6.45) is 4.15. The summed E-state index contributed by atoms with van der Waals surface area (Å²) in [6.45, 7) is 6.14. The first-order valence-electron chi connectivity index (χ1n) is 12.2. The van der Waals surface area contributed by atoms with Gasteiger partial charge < -0.3 is 25.7 Å². The van der Waals surface area contributed by atoms with Crippen LogP contribution in [0.3, 0.4) is 0 Å². The maximum Gasteiger partial charge on any atom is 0.224 e. The number of nitrogen functional groups attached to an aromatic ring is 1. The largest absolute Gasteiger partial charge is 0.389 e. The fraction of sp³-hybridized carbons (Fsp3) is 0.400. The number of β-amino-alcohol motifs (C(OH)–C–C–N with tert-alkyl or cyclic N) is 2. The number of anilines is 3. The molecule has 0 unspecified atom stereocenters. The summed E-state index contributed by atoms with van der Waals surface area (Å²) in [5, 5.41) is 24.2. The van der Waals surface area contributed by atoms with Gasteiger partial charge in [0.05, 0.1) is 24.1 Å². The van der Waals surface area contributed by atoms with E-state index in [0.717, 1.165) is 37.0 Å². The number of aromatic nitrogens is 4. The molecule has 4 heterocycles. The van der Waals surface area contributed by atoms with Crippen molar-refractivity contribution in [1.82, 2.24) is 24.6 Å². The Morgan fingerprint density at radius 1 is 0.947 bits per heavy atom. The Morgan fingerprint density at radius 3 is 2.24 bits per heavy atom. The zero-order chi connectivity index (χ0) is 26.1. The number of hydrogen-bond donors (Lipinski definition) is 3. The van der Waals surface area contributed by atoms with E-state index in [1.54, 1.807) is 21.8 Å². The fourth-order valence-electron chi connectivity index (χ4n) is 4.72. The third kappa shape index (κ3) is 6.04. The second-order valence-corrected chi connectivity index (χ2v) is 9.40. The summed E-state index contributed by atoms with van der Waals surface area (Å²) in [7, 11) is 0. The SMILES string of the molecule is Cc1c(C=CCN2CCN(c3cc(F)cc(F)c3)CC2)cnn1-c1cc(N2C[C@@H](O)[C@@H](O)C2)nc(N)n1.Cl. The predicted octanol–water partition coefficient (Wildman–Crippen LogP) is 1.63. The van der Waals surface area contributed by atoms with Crippen molar-refractivity contribution in [3.63, 3.8) is 0 Å². The van der Waals surface area contributed by atoms with Crippen LogP contribution in [0.25, 0.3) is 11.9 Å². The van der Waals surface area contributed by atoms with Gasteiger partial charge in [0, 0.05) is 69.2 Å². The minimum absolute atomic E-state index is 0. The van der Waals surface area contributed by atoms with Crippen LogP contribution in [-0.2, 0) is 0 Å². The number of nitrogens with two attached hydrogens (primary N) is 1. The minimum Gasteiger partial charge on any atom is -0.389 e. The van der Waals surface area contributed by atoms with Crippen molar-refractivity contribution in [1.29, 1.82) is 0 Å². The number of aliphatic hydroxyl groups excluding tert-OH is 2. The number of hydrogen-bond acceptors (Lipinski definition) is 9. The summed E-state index contributed by atoms with van der Waals surface area (Å²) >= 11 is 0.